The van der Waals surface area contributed by atoms with Crippen molar-refractivity contribution >= 4 is 16.0 Å². The largest absolute Gasteiger partial charge is 0.491 e. The molecule has 3 N–H and O–H groups in total. The van der Waals surface area contributed by atoms with Crippen molar-refractivity contribution in [3.8, 4) is 5.75 Å². The maximum Gasteiger partial charge on any atom is 0.242 e. The average molecular weight is 436 g/mol. The van der Waals surface area contributed by atoms with Gasteiger partial charge < -0.3 is 20.1 Å². The molecule has 0 amide bonds. The molecule has 0 unspecified atom stereocenters. The molecule has 30 heavy (non-hydrogen) atoms. The van der Waals surface area contributed by atoms with Gasteiger partial charge >= 0.3 is 0 Å². The predicted octanol–water partition coefficient (Wildman–Crippen LogP) is 1.06. The Morgan fingerprint density at radius 1 is 1.17 bits per heavy atom. The molecule has 0 atom stereocenters. The lowest BCUT2D eigenvalue weighted by Gasteiger charge is -2.15. The van der Waals surface area contributed by atoms with Crippen LogP contribution in [0.4, 0.5) is 0 Å². The van der Waals surface area contributed by atoms with Crippen LogP contribution in [-0.2, 0) is 21.3 Å². The van der Waals surface area contributed by atoms with Gasteiger partial charge in [0.15, 0.2) is 5.96 Å². The Morgan fingerprint density at radius 2 is 2.00 bits per heavy atom. The molecule has 0 radical (unpaired) electrons. The zero-order valence-electron chi connectivity index (χ0n) is 17.5. The fourth-order valence-electron chi connectivity index (χ4n) is 2.53. The first kappa shape index (κ1) is 23.6. The molecule has 164 valence electrons. The van der Waals surface area contributed by atoms with Crippen LogP contribution in [0.3, 0.4) is 0 Å². The van der Waals surface area contributed by atoms with Crippen LogP contribution in [0.25, 0.3) is 0 Å². The Hall–Kier alpha value is -2.69. The summed E-state index contributed by atoms with van der Waals surface area (Å²) in [6, 6.07) is 9.08. The van der Waals surface area contributed by atoms with Gasteiger partial charge in [-0.15, -0.1) is 0 Å². The van der Waals surface area contributed by atoms with Gasteiger partial charge in [-0.2, -0.15) is 0 Å². The summed E-state index contributed by atoms with van der Waals surface area (Å²) in [4.78, 5) is 8.13. The molecule has 0 aliphatic rings. The molecule has 0 aliphatic heterocycles. The van der Waals surface area contributed by atoms with Gasteiger partial charge in [-0.05, 0) is 30.7 Å². The third kappa shape index (κ3) is 7.62. The van der Waals surface area contributed by atoms with Gasteiger partial charge in [-0.25, -0.2) is 13.1 Å². The molecule has 1 aromatic heterocycles. The van der Waals surface area contributed by atoms with Crippen LogP contribution in [0.15, 0.2) is 52.6 Å². The Kier molecular flexibility index (Phi) is 9.52. The summed E-state index contributed by atoms with van der Waals surface area (Å²) in [5, 5.41) is 6.29. The first-order chi connectivity index (χ1) is 14.5. The van der Waals surface area contributed by atoms with E-state index in [9.17, 15) is 8.42 Å². The zero-order chi connectivity index (χ0) is 21.8. The first-order valence-corrected chi connectivity index (χ1v) is 11.0. The van der Waals surface area contributed by atoms with E-state index in [0.717, 1.165) is 16.9 Å². The van der Waals surface area contributed by atoms with Gasteiger partial charge in [-0.3, -0.25) is 9.98 Å². The van der Waals surface area contributed by atoms with E-state index in [1.54, 1.807) is 20.2 Å². The van der Waals surface area contributed by atoms with Gasteiger partial charge in [0.2, 0.25) is 10.0 Å². The molecule has 0 saturated heterocycles. The van der Waals surface area contributed by atoms with Gasteiger partial charge in [0.05, 0.1) is 6.61 Å². The second-order valence-corrected chi connectivity index (χ2v) is 8.16. The van der Waals surface area contributed by atoms with E-state index in [0.29, 0.717) is 32.3 Å². The van der Waals surface area contributed by atoms with Crippen LogP contribution < -0.4 is 20.1 Å². The Balaban J connectivity index is 1.83. The van der Waals surface area contributed by atoms with Gasteiger partial charge in [0.25, 0.3) is 0 Å². The molecule has 0 fully saturated rings. The predicted molar refractivity (Wildman–Crippen MR) is 116 cm³/mol. The minimum Gasteiger partial charge on any atom is -0.491 e. The highest BCUT2D eigenvalue weighted by Gasteiger charge is 2.13. The number of nitrogens with zero attached hydrogens (tertiary/aromatic N) is 2. The quantitative estimate of drug-likeness (QED) is 0.275. The minimum absolute atomic E-state index is 0.132. The van der Waals surface area contributed by atoms with E-state index in [-0.39, 0.29) is 11.4 Å². The number of aromatic nitrogens is 1. The summed E-state index contributed by atoms with van der Waals surface area (Å²) in [5.74, 6) is 1.35. The van der Waals surface area contributed by atoms with Gasteiger partial charge in [0, 0.05) is 51.7 Å². The van der Waals surface area contributed by atoms with E-state index < -0.39 is 10.0 Å². The van der Waals surface area contributed by atoms with Crippen molar-refractivity contribution < 1.29 is 17.9 Å². The molecule has 1 aromatic carbocycles. The number of guanidine groups is 1. The number of benzene rings is 1. The monoisotopic (exact) mass is 435 g/mol. The number of sulfonamides is 1. The number of hydrogen-bond acceptors (Lipinski definition) is 6. The number of aryl methyl sites for hydroxylation is 1. The number of methoxy groups -OCH3 is 1. The minimum atomic E-state index is -3.58. The van der Waals surface area contributed by atoms with Gasteiger partial charge in [0.1, 0.15) is 17.3 Å². The molecule has 10 heteroatoms. The van der Waals surface area contributed by atoms with Crippen LogP contribution in [0, 0.1) is 6.92 Å². The number of aliphatic imine (C=N–C) groups is 1. The van der Waals surface area contributed by atoms with Crippen molar-refractivity contribution in [3.05, 3.63) is 53.9 Å². The lowest BCUT2D eigenvalue weighted by Crippen LogP contribution is -2.41. The summed E-state index contributed by atoms with van der Waals surface area (Å²) in [5.41, 5.74) is 2.09. The van der Waals surface area contributed by atoms with E-state index in [1.165, 1.54) is 18.5 Å². The van der Waals surface area contributed by atoms with Crippen LogP contribution in [0.2, 0.25) is 0 Å². The Labute approximate surface area is 178 Å². The van der Waals surface area contributed by atoms with Crippen LogP contribution >= 0.6 is 0 Å². The normalized spacial score (nSPS) is 11.9. The summed E-state index contributed by atoms with van der Waals surface area (Å²) < 4.78 is 37.7. The Morgan fingerprint density at radius 3 is 2.70 bits per heavy atom. The highest BCUT2D eigenvalue weighted by molar-refractivity contribution is 7.89. The van der Waals surface area contributed by atoms with Crippen molar-refractivity contribution in [2.45, 2.75) is 18.4 Å². The van der Waals surface area contributed by atoms with Crippen molar-refractivity contribution in [3.63, 3.8) is 0 Å². The fourth-order valence-corrected chi connectivity index (χ4v) is 3.53. The zero-order valence-corrected chi connectivity index (χ0v) is 18.3. The maximum atomic E-state index is 12.2. The number of hydrogen-bond donors (Lipinski definition) is 3. The molecule has 2 rings (SSSR count). The lowest BCUT2D eigenvalue weighted by molar-refractivity contribution is 0.145. The smallest absolute Gasteiger partial charge is 0.242 e. The molecule has 0 spiro atoms. The standard InChI is InChI=1S/C20H29N5O4S/c1-16-6-7-17(19(13-16)29-12-11-28-3)14-24-20(21-2)23-9-10-25-30(26,27)18-5-4-8-22-15-18/h4-8,13,15,25H,9-12,14H2,1-3H3,(H2,21,23,24). The number of pyridine rings is 1. The molecular weight excluding hydrogens is 406 g/mol. The lowest BCUT2D eigenvalue weighted by atomic mass is 10.1. The second-order valence-electron chi connectivity index (χ2n) is 6.39. The number of rotatable bonds is 11. The highest BCUT2D eigenvalue weighted by Crippen LogP contribution is 2.20. The summed E-state index contributed by atoms with van der Waals surface area (Å²) >= 11 is 0. The van der Waals surface area contributed by atoms with Gasteiger partial charge in [-0.1, -0.05) is 12.1 Å². The molecule has 0 bridgehead atoms. The van der Waals surface area contributed by atoms with E-state index in [4.69, 9.17) is 9.47 Å². The van der Waals surface area contributed by atoms with Crippen LogP contribution in [0.5, 0.6) is 5.75 Å². The third-order valence-electron chi connectivity index (χ3n) is 4.09. The summed E-state index contributed by atoms with van der Waals surface area (Å²) in [7, 11) is -0.294. The third-order valence-corrected chi connectivity index (χ3v) is 5.54. The molecular formula is C20H29N5O4S. The second kappa shape index (κ2) is 12.1. The van der Waals surface area contributed by atoms with E-state index in [1.807, 2.05) is 25.1 Å². The average Bonchev–Trinajstić information content (AvgIpc) is 2.75. The highest BCUT2D eigenvalue weighted by atomic mass is 32.2. The molecule has 1 heterocycles. The first-order valence-electron chi connectivity index (χ1n) is 9.51. The van der Waals surface area contributed by atoms with Crippen molar-refractivity contribution in [2.75, 3.05) is 40.5 Å². The summed E-state index contributed by atoms with van der Waals surface area (Å²) in [6.07, 6.45) is 2.84. The van der Waals surface area contributed by atoms with Crippen molar-refractivity contribution in [1.82, 2.24) is 20.3 Å². The number of nitrogens with one attached hydrogen (secondary N) is 3. The molecule has 0 aliphatic carbocycles. The maximum absolute atomic E-state index is 12.2. The van der Waals surface area contributed by atoms with Crippen molar-refractivity contribution in [1.29, 1.82) is 0 Å². The summed E-state index contributed by atoms with van der Waals surface area (Å²) in [6.45, 7) is 4.06. The SMILES string of the molecule is CN=C(NCCNS(=O)(=O)c1cccnc1)NCc1ccc(C)cc1OCCOC. The molecule has 9 nitrogen and oxygen atoms in total. The Bertz CT molecular complexity index is 920. The molecule has 0 saturated carbocycles. The van der Waals surface area contributed by atoms with E-state index in [2.05, 4.69) is 25.3 Å². The topological polar surface area (TPSA) is 114 Å². The fraction of sp³-hybridized carbons (Fsp3) is 0.400. The van der Waals surface area contributed by atoms with E-state index >= 15 is 0 Å². The number of ether oxygens (including phenoxy) is 2. The van der Waals surface area contributed by atoms with Crippen molar-refractivity contribution in [2.24, 2.45) is 4.99 Å². The van der Waals surface area contributed by atoms with Crippen LogP contribution in [-0.4, -0.2) is 59.8 Å². The van der Waals surface area contributed by atoms with Crippen LogP contribution in [0.1, 0.15) is 11.1 Å². The molecule has 2 aromatic rings.